The van der Waals surface area contributed by atoms with E-state index in [-0.39, 0.29) is 18.0 Å². The summed E-state index contributed by atoms with van der Waals surface area (Å²) in [7, 11) is 0. The molecule has 2 saturated heterocycles. The van der Waals surface area contributed by atoms with E-state index in [0.29, 0.717) is 0 Å². The fraction of sp³-hybridized carbons (Fsp3) is 0.379. The minimum Gasteiger partial charge on any atom is -0.459 e. The van der Waals surface area contributed by atoms with Crippen LogP contribution in [0.1, 0.15) is 18.5 Å². The zero-order valence-corrected chi connectivity index (χ0v) is 21.6. The summed E-state index contributed by atoms with van der Waals surface area (Å²) in [5.41, 5.74) is 6.58. The molecule has 6 rings (SSSR count). The highest BCUT2D eigenvalue weighted by Crippen LogP contribution is 2.30. The van der Waals surface area contributed by atoms with E-state index in [1.807, 2.05) is 37.4 Å². The van der Waals surface area contributed by atoms with Gasteiger partial charge in [-0.15, -0.1) is 0 Å². The van der Waals surface area contributed by atoms with E-state index < -0.39 is 0 Å². The number of likely N-dealkylation sites (tertiary alicyclic amines) is 1. The van der Waals surface area contributed by atoms with Crippen LogP contribution in [0.2, 0.25) is 0 Å². The summed E-state index contributed by atoms with van der Waals surface area (Å²) in [4.78, 5) is 31.9. The predicted molar refractivity (Wildman–Crippen MR) is 148 cm³/mol. The van der Waals surface area contributed by atoms with Gasteiger partial charge in [-0.25, -0.2) is 4.98 Å². The second-order valence-corrected chi connectivity index (χ2v) is 10.2. The number of H-pyrrole nitrogens is 1. The van der Waals surface area contributed by atoms with Crippen LogP contribution in [0.25, 0.3) is 33.5 Å². The summed E-state index contributed by atoms with van der Waals surface area (Å²) in [6.45, 7) is 7.15. The summed E-state index contributed by atoms with van der Waals surface area (Å²) in [5.74, 6) is 0.0170. The summed E-state index contributed by atoms with van der Waals surface area (Å²) in [5, 5.41) is 7.72. The Bertz CT molecular complexity index is 1420. The molecule has 2 fully saturated rings. The second-order valence-electron chi connectivity index (χ2n) is 10.2. The summed E-state index contributed by atoms with van der Waals surface area (Å²) >= 11 is 0. The predicted octanol–water partition coefficient (Wildman–Crippen LogP) is 3.63. The molecule has 196 valence electrons. The summed E-state index contributed by atoms with van der Waals surface area (Å²) in [6.07, 6.45) is 5.41. The Kier molecular flexibility index (Phi) is 7.02. The van der Waals surface area contributed by atoms with Gasteiger partial charge in [-0.05, 0) is 63.2 Å². The number of aryl methyl sites for hydroxylation is 1. The number of benzene rings is 1. The highest BCUT2D eigenvalue weighted by atomic mass is 16.5. The van der Waals surface area contributed by atoms with Crippen molar-refractivity contribution in [3.8, 4) is 22.6 Å². The van der Waals surface area contributed by atoms with Crippen molar-refractivity contribution < 1.29 is 9.53 Å². The van der Waals surface area contributed by atoms with Crippen LogP contribution in [0.15, 0.2) is 55.0 Å². The van der Waals surface area contributed by atoms with Gasteiger partial charge in [0, 0.05) is 42.8 Å². The molecule has 5 heterocycles. The molecule has 0 amide bonds. The number of hydrogen-bond donors (Lipinski definition) is 3. The number of hydrogen-bond acceptors (Lipinski definition) is 8. The monoisotopic (exact) mass is 511 g/mol. The Balaban J connectivity index is 1.06. The van der Waals surface area contributed by atoms with Gasteiger partial charge in [0.25, 0.3) is 0 Å². The van der Waals surface area contributed by atoms with Gasteiger partial charge >= 0.3 is 5.97 Å². The highest BCUT2D eigenvalue weighted by Gasteiger charge is 2.29. The van der Waals surface area contributed by atoms with E-state index in [1.54, 1.807) is 6.33 Å². The number of rotatable bonds is 8. The summed E-state index contributed by atoms with van der Waals surface area (Å²) < 4.78 is 5.55. The first-order valence-electron chi connectivity index (χ1n) is 13.4. The van der Waals surface area contributed by atoms with Crippen molar-refractivity contribution in [1.82, 2.24) is 30.2 Å². The number of esters is 1. The molecular formula is C29H33N7O2. The van der Waals surface area contributed by atoms with Crippen LogP contribution in [0.3, 0.4) is 0 Å². The molecule has 0 radical (unpaired) electrons. The van der Waals surface area contributed by atoms with E-state index in [0.717, 1.165) is 97.0 Å². The molecule has 0 aliphatic carbocycles. The van der Waals surface area contributed by atoms with Crippen molar-refractivity contribution in [3.63, 3.8) is 0 Å². The number of aromatic amines is 1. The van der Waals surface area contributed by atoms with E-state index in [4.69, 9.17) is 4.74 Å². The molecule has 0 saturated carbocycles. The molecule has 0 atom stereocenters. The Labute approximate surface area is 222 Å². The maximum atomic E-state index is 12.3. The summed E-state index contributed by atoms with van der Waals surface area (Å²) in [6, 6.07) is 14.4. The highest BCUT2D eigenvalue weighted by molar-refractivity contribution is 5.88. The number of anilines is 1. The normalized spacial score (nSPS) is 16.9. The third-order valence-electron chi connectivity index (χ3n) is 7.44. The van der Waals surface area contributed by atoms with E-state index in [2.05, 4.69) is 53.7 Å². The molecule has 0 unspecified atom stereocenters. The standard InChI is InChI=1S/C29H33N7O2/c1-19-3-2-4-26(35-19)28-27(33-18-34-28)21-5-6-25-22(13-21)14-23(15-32-25)31-9-12-36-10-7-20(8-11-36)29(37)38-24-16-30-17-24/h2-6,13-15,18,20,24,30-31H,7-12,16-17H2,1H3,(H,33,34). The number of ether oxygens (including phenoxy) is 1. The average Bonchev–Trinajstić information content (AvgIpc) is 3.41. The maximum absolute atomic E-state index is 12.3. The quantitative estimate of drug-likeness (QED) is 0.308. The molecule has 0 spiro atoms. The third-order valence-corrected chi connectivity index (χ3v) is 7.44. The van der Waals surface area contributed by atoms with Crippen molar-refractivity contribution in [2.75, 3.05) is 44.6 Å². The Morgan fingerprint density at radius 3 is 2.79 bits per heavy atom. The number of fused-ring (bicyclic) bond motifs is 1. The zero-order chi connectivity index (χ0) is 25.9. The first-order chi connectivity index (χ1) is 18.6. The molecular weight excluding hydrogens is 478 g/mol. The van der Waals surface area contributed by atoms with Gasteiger partial charge < -0.3 is 25.3 Å². The van der Waals surface area contributed by atoms with Gasteiger partial charge in [0.2, 0.25) is 0 Å². The molecule has 2 aliphatic rings. The lowest BCUT2D eigenvalue weighted by molar-refractivity contribution is -0.158. The van der Waals surface area contributed by atoms with E-state index in [9.17, 15) is 4.79 Å². The zero-order valence-electron chi connectivity index (χ0n) is 21.6. The molecule has 4 aromatic rings. The van der Waals surface area contributed by atoms with Gasteiger partial charge in [0.1, 0.15) is 6.10 Å². The van der Waals surface area contributed by atoms with Crippen LogP contribution in [-0.4, -0.2) is 76.2 Å². The topological polar surface area (TPSA) is 108 Å². The molecule has 1 aromatic carbocycles. The minimum absolute atomic E-state index is 0.0204. The van der Waals surface area contributed by atoms with Gasteiger partial charge in [-0.3, -0.25) is 14.8 Å². The van der Waals surface area contributed by atoms with E-state index in [1.165, 1.54) is 0 Å². The van der Waals surface area contributed by atoms with Gasteiger partial charge in [0.15, 0.2) is 0 Å². The number of nitrogens with zero attached hydrogens (tertiary/aromatic N) is 4. The third kappa shape index (κ3) is 5.39. The van der Waals surface area contributed by atoms with Crippen molar-refractivity contribution in [2.45, 2.75) is 25.9 Å². The largest absolute Gasteiger partial charge is 0.459 e. The van der Waals surface area contributed by atoms with Crippen molar-refractivity contribution in [3.05, 3.63) is 60.7 Å². The van der Waals surface area contributed by atoms with E-state index >= 15 is 0 Å². The lowest BCUT2D eigenvalue weighted by Gasteiger charge is -2.33. The van der Waals surface area contributed by atoms with Crippen molar-refractivity contribution >= 4 is 22.6 Å². The number of carbonyl (C=O) groups is 1. The first-order valence-corrected chi connectivity index (χ1v) is 13.4. The minimum atomic E-state index is -0.0204. The van der Waals surface area contributed by atoms with Gasteiger partial charge in [-0.2, -0.15) is 0 Å². The maximum Gasteiger partial charge on any atom is 0.309 e. The number of nitrogens with one attached hydrogen (secondary N) is 3. The molecule has 9 nitrogen and oxygen atoms in total. The number of imidazole rings is 1. The van der Waals surface area contributed by atoms with Crippen molar-refractivity contribution in [1.29, 1.82) is 0 Å². The Morgan fingerprint density at radius 1 is 1.13 bits per heavy atom. The van der Waals surface area contributed by atoms with Crippen LogP contribution in [0.5, 0.6) is 0 Å². The Morgan fingerprint density at radius 2 is 2.00 bits per heavy atom. The average molecular weight is 512 g/mol. The molecule has 38 heavy (non-hydrogen) atoms. The van der Waals surface area contributed by atoms with Crippen LogP contribution in [0, 0.1) is 12.8 Å². The van der Waals surface area contributed by atoms with Gasteiger partial charge in [0.05, 0.1) is 46.7 Å². The number of aromatic nitrogens is 4. The Hall–Kier alpha value is -3.82. The number of pyridine rings is 2. The van der Waals surface area contributed by atoms with Crippen LogP contribution < -0.4 is 10.6 Å². The molecule has 2 aliphatic heterocycles. The molecule has 0 bridgehead atoms. The second kappa shape index (κ2) is 10.9. The fourth-order valence-corrected chi connectivity index (χ4v) is 5.12. The van der Waals surface area contributed by atoms with Crippen LogP contribution in [-0.2, 0) is 9.53 Å². The lowest BCUT2D eigenvalue weighted by Crippen LogP contribution is -2.50. The molecule has 3 aromatic heterocycles. The SMILES string of the molecule is Cc1cccc(-c2[nH]cnc2-c2ccc3ncc(NCCN4CCC(C(=O)OC5CNC5)CC4)cc3c2)n1. The van der Waals surface area contributed by atoms with Crippen molar-refractivity contribution in [2.24, 2.45) is 5.92 Å². The van der Waals surface area contributed by atoms with Crippen LogP contribution in [0.4, 0.5) is 5.69 Å². The lowest BCUT2D eigenvalue weighted by atomic mass is 9.97. The number of carbonyl (C=O) groups excluding carboxylic acids is 1. The van der Waals surface area contributed by atoms with Gasteiger partial charge in [-0.1, -0.05) is 12.1 Å². The fourth-order valence-electron chi connectivity index (χ4n) is 5.12. The first kappa shape index (κ1) is 24.5. The molecule has 9 heteroatoms. The van der Waals surface area contributed by atoms with Crippen LogP contribution >= 0.6 is 0 Å². The molecule has 3 N–H and O–H groups in total. The smallest absolute Gasteiger partial charge is 0.309 e. The number of piperidine rings is 1.